The van der Waals surface area contributed by atoms with E-state index in [9.17, 15) is 4.79 Å². The first kappa shape index (κ1) is 20.9. The molecule has 0 atom stereocenters. The van der Waals surface area contributed by atoms with Gasteiger partial charge in [-0.1, -0.05) is 0 Å². The molecule has 2 fully saturated rings. The molecule has 0 bridgehead atoms. The van der Waals surface area contributed by atoms with Crippen LogP contribution in [0.2, 0.25) is 0 Å². The Hall–Kier alpha value is -3.65. The summed E-state index contributed by atoms with van der Waals surface area (Å²) in [6.45, 7) is 3.83. The number of fused-ring (bicyclic) bond motifs is 1. The van der Waals surface area contributed by atoms with Crippen LogP contribution < -0.4 is 4.90 Å². The zero-order chi connectivity index (χ0) is 23.1. The molecule has 0 spiro atoms. The van der Waals surface area contributed by atoms with E-state index >= 15 is 0 Å². The summed E-state index contributed by atoms with van der Waals surface area (Å²) in [5.41, 5.74) is 4.11. The van der Waals surface area contributed by atoms with Crippen LogP contribution in [0.5, 0.6) is 0 Å². The molecule has 0 unspecified atom stereocenters. The fourth-order valence-corrected chi connectivity index (χ4v) is 4.39. The molecule has 0 amide bonds. The molecule has 0 N–H and O–H groups in total. The van der Waals surface area contributed by atoms with Crippen LogP contribution in [0.3, 0.4) is 0 Å². The van der Waals surface area contributed by atoms with E-state index in [0.29, 0.717) is 17.3 Å². The van der Waals surface area contributed by atoms with Crippen LogP contribution in [0.15, 0.2) is 55.1 Å². The first-order valence-corrected chi connectivity index (χ1v) is 11.9. The Kier molecular flexibility index (Phi) is 5.30. The van der Waals surface area contributed by atoms with Gasteiger partial charge in [-0.2, -0.15) is 5.10 Å². The number of nitrogens with zero attached hydrogens (tertiary/aromatic N) is 7. The van der Waals surface area contributed by atoms with Gasteiger partial charge in [-0.25, -0.2) is 9.97 Å². The molecule has 0 aromatic carbocycles. The highest BCUT2D eigenvalue weighted by Crippen LogP contribution is 2.35. The van der Waals surface area contributed by atoms with E-state index in [1.165, 1.54) is 12.8 Å². The third-order valence-electron chi connectivity index (χ3n) is 6.68. The standard InChI is InChI=1S/C26H27N7O/c1-31-8-10-32(11-9-31)26-12-18(6-7-27-26)25(34)14-21-13-24-19(15-28-21)2-5-23(30-24)20-16-29-33(17-20)22-3-4-22/h2,5-7,12-13,15-17,22H,3-4,8-11,14H2,1H3. The Morgan fingerprint density at radius 3 is 2.71 bits per heavy atom. The van der Waals surface area contributed by atoms with Crippen molar-refractivity contribution in [2.75, 3.05) is 38.1 Å². The van der Waals surface area contributed by atoms with E-state index in [4.69, 9.17) is 4.98 Å². The lowest BCUT2D eigenvalue weighted by Crippen LogP contribution is -2.44. The van der Waals surface area contributed by atoms with E-state index in [2.05, 4.69) is 38.1 Å². The second-order valence-electron chi connectivity index (χ2n) is 9.30. The Labute approximate surface area is 198 Å². The van der Waals surface area contributed by atoms with Crippen molar-refractivity contribution >= 4 is 22.5 Å². The SMILES string of the molecule is CN1CCN(c2cc(C(=O)Cc3cc4nc(-c5cnn(C6CC6)c5)ccc4cn3)ccn2)CC1. The van der Waals surface area contributed by atoms with Gasteiger partial charge in [0.2, 0.25) is 0 Å². The van der Waals surface area contributed by atoms with E-state index in [-0.39, 0.29) is 12.2 Å². The summed E-state index contributed by atoms with van der Waals surface area (Å²) in [5, 5.41) is 5.43. The summed E-state index contributed by atoms with van der Waals surface area (Å²) in [4.78, 5) is 31.5. The number of Topliss-reactive ketones (excluding diaryl/α,β-unsaturated/α-hetero) is 1. The molecule has 172 valence electrons. The predicted octanol–water partition coefficient (Wildman–Crippen LogP) is 3.40. The van der Waals surface area contributed by atoms with Gasteiger partial charge in [-0.05, 0) is 50.2 Å². The number of hydrogen-bond acceptors (Lipinski definition) is 7. The molecule has 1 saturated carbocycles. The first-order valence-electron chi connectivity index (χ1n) is 11.9. The summed E-state index contributed by atoms with van der Waals surface area (Å²) in [6, 6.07) is 10.2. The maximum atomic E-state index is 13.1. The van der Waals surface area contributed by atoms with E-state index < -0.39 is 0 Å². The minimum Gasteiger partial charge on any atom is -0.354 e. The number of anilines is 1. The fourth-order valence-electron chi connectivity index (χ4n) is 4.39. The summed E-state index contributed by atoms with van der Waals surface area (Å²) >= 11 is 0. The second kappa shape index (κ2) is 8.61. The van der Waals surface area contributed by atoms with Crippen LogP contribution >= 0.6 is 0 Å². The highest BCUT2D eigenvalue weighted by Gasteiger charge is 2.24. The average Bonchev–Trinajstić information content (AvgIpc) is 3.60. The number of carbonyl (C=O) groups excluding carboxylic acids is 1. The van der Waals surface area contributed by atoms with E-state index in [1.807, 2.05) is 35.1 Å². The minimum atomic E-state index is 0.0338. The zero-order valence-corrected chi connectivity index (χ0v) is 19.3. The Balaban J connectivity index is 1.21. The lowest BCUT2D eigenvalue weighted by atomic mass is 10.1. The summed E-state index contributed by atoms with van der Waals surface area (Å²) < 4.78 is 2.03. The van der Waals surface area contributed by atoms with Crippen LogP contribution in [0.4, 0.5) is 5.82 Å². The van der Waals surface area contributed by atoms with Gasteiger partial charge in [-0.3, -0.25) is 14.5 Å². The quantitative estimate of drug-likeness (QED) is 0.414. The van der Waals surface area contributed by atoms with Crippen LogP contribution in [-0.4, -0.2) is 68.6 Å². The maximum absolute atomic E-state index is 13.1. The number of carbonyl (C=O) groups is 1. The molecule has 1 aliphatic heterocycles. The minimum absolute atomic E-state index is 0.0338. The molecule has 4 aromatic heterocycles. The highest BCUT2D eigenvalue weighted by molar-refractivity contribution is 5.98. The normalized spacial score (nSPS) is 16.8. The molecule has 1 saturated heterocycles. The van der Waals surface area contributed by atoms with Gasteiger partial charge >= 0.3 is 0 Å². The summed E-state index contributed by atoms with van der Waals surface area (Å²) in [5.74, 6) is 0.898. The molecule has 2 aliphatic rings. The van der Waals surface area contributed by atoms with Gasteiger partial charge in [-0.15, -0.1) is 0 Å². The zero-order valence-electron chi connectivity index (χ0n) is 19.3. The second-order valence-corrected chi connectivity index (χ2v) is 9.30. The molecule has 4 aromatic rings. The van der Waals surface area contributed by atoms with Crippen molar-refractivity contribution in [3.8, 4) is 11.3 Å². The number of aromatic nitrogens is 5. The number of piperazine rings is 1. The van der Waals surface area contributed by atoms with Crippen LogP contribution in [0, 0.1) is 0 Å². The van der Waals surface area contributed by atoms with Crippen molar-refractivity contribution in [1.82, 2.24) is 29.6 Å². The summed E-state index contributed by atoms with van der Waals surface area (Å²) in [6.07, 6.45) is 10.1. The molecule has 5 heterocycles. The van der Waals surface area contributed by atoms with Crippen molar-refractivity contribution in [3.05, 3.63) is 66.4 Å². The van der Waals surface area contributed by atoms with Crippen LogP contribution in [-0.2, 0) is 6.42 Å². The van der Waals surface area contributed by atoms with Crippen LogP contribution in [0.25, 0.3) is 22.2 Å². The van der Waals surface area contributed by atoms with E-state index in [1.54, 1.807) is 18.5 Å². The smallest absolute Gasteiger partial charge is 0.169 e. The molecule has 8 nitrogen and oxygen atoms in total. The van der Waals surface area contributed by atoms with Gasteiger partial charge < -0.3 is 9.80 Å². The van der Waals surface area contributed by atoms with Gasteiger partial charge in [0, 0.05) is 61.3 Å². The Morgan fingerprint density at radius 2 is 1.88 bits per heavy atom. The van der Waals surface area contributed by atoms with Crippen molar-refractivity contribution < 1.29 is 4.79 Å². The molecular formula is C26H27N7O. The predicted molar refractivity (Wildman–Crippen MR) is 131 cm³/mol. The lowest BCUT2D eigenvalue weighted by molar-refractivity contribution is 0.0992. The molecule has 8 heteroatoms. The largest absolute Gasteiger partial charge is 0.354 e. The monoisotopic (exact) mass is 453 g/mol. The Morgan fingerprint density at radius 1 is 1.03 bits per heavy atom. The number of hydrogen-bond donors (Lipinski definition) is 0. The topological polar surface area (TPSA) is 80.0 Å². The van der Waals surface area contributed by atoms with Crippen molar-refractivity contribution in [3.63, 3.8) is 0 Å². The fraction of sp³-hybridized carbons (Fsp3) is 0.346. The van der Waals surface area contributed by atoms with Crippen LogP contribution in [0.1, 0.15) is 34.9 Å². The number of pyridine rings is 3. The van der Waals surface area contributed by atoms with Crippen molar-refractivity contribution in [2.24, 2.45) is 0 Å². The average molecular weight is 454 g/mol. The Bertz CT molecular complexity index is 1350. The highest BCUT2D eigenvalue weighted by atomic mass is 16.1. The van der Waals surface area contributed by atoms with Crippen molar-refractivity contribution in [2.45, 2.75) is 25.3 Å². The summed E-state index contributed by atoms with van der Waals surface area (Å²) in [7, 11) is 2.13. The first-order chi connectivity index (χ1) is 16.6. The molecule has 0 radical (unpaired) electrons. The third kappa shape index (κ3) is 4.28. The molecule has 34 heavy (non-hydrogen) atoms. The molecular weight excluding hydrogens is 426 g/mol. The third-order valence-corrected chi connectivity index (χ3v) is 6.68. The van der Waals surface area contributed by atoms with Gasteiger partial charge in [0.05, 0.1) is 35.6 Å². The molecule has 1 aliphatic carbocycles. The molecule has 6 rings (SSSR count). The van der Waals surface area contributed by atoms with E-state index in [0.717, 1.165) is 54.2 Å². The van der Waals surface area contributed by atoms with Gasteiger partial charge in [0.25, 0.3) is 0 Å². The number of likely N-dealkylation sites (N-methyl/N-ethyl adjacent to an activating group) is 1. The number of rotatable bonds is 6. The number of ketones is 1. The maximum Gasteiger partial charge on any atom is 0.169 e. The van der Waals surface area contributed by atoms with Gasteiger partial charge in [0.15, 0.2) is 5.78 Å². The lowest BCUT2D eigenvalue weighted by Gasteiger charge is -2.33. The van der Waals surface area contributed by atoms with Crippen molar-refractivity contribution in [1.29, 1.82) is 0 Å². The van der Waals surface area contributed by atoms with Gasteiger partial charge in [0.1, 0.15) is 5.82 Å².